The predicted molar refractivity (Wildman–Crippen MR) is 162 cm³/mol. The number of carbonyl (C=O) groups is 1. The van der Waals surface area contributed by atoms with Gasteiger partial charge in [-0.15, -0.1) is 0 Å². The zero-order valence-electron chi connectivity index (χ0n) is 23.1. The van der Waals surface area contributed by atoms with E-state index in [1.165, 1.54) is 0 Å². The summed E-state index contributed by atoms with van der Waals surface area (Å²) in [5, 5.41) is 4.84. The first-order valence-corrected chi connectivity index (χ1v) is 15.2. The zero-order chi connectivity index (χ0) is 31.3. The van der Waals surface area contributed by atoms with Gasteiger partial charge in [-0.05, 0) is 53.4 Å². The van der Waals surface area contributed by atoms with Crippen molar-refractivity contribution in [1.82, 2.24) is 5.32 Å². The van der Waals surface area contributed by atoms with Crippen LogP contribution in [0.1, 0.15) is 33.1 Å². The van der Waals surface area contributed by atoms with Crippen molar-refractivity contribution in [3.8, 4) is 11.1 Å². The molecule has 0 spiro atoms. The first kappa shape index (κ1) is 31.0. The molecular formula is C35H26F6NOP. The van der Waals surface area contributed by atoms with Crippen molar-refractivity contribution >= 4 is 24.4 Å². The van der Waals surface area contributed by atoms with Gasteiger partial charge in [-0.3, -0.25) is 4.79 Å². The smallest absolute Gasteiger partial charge is 0.345 e. The molecule has 9 heteroatoms. The molecule has 0 saturated carbocycles. The predicted octanol–water partition coefficient (Wildman–Crippen LogP) is 9.00. The van der Waals surface area contributed by atoms with Crippen molar-refractivity contribution in [2.24, 2.45) is 0 Å². The second-order valence-corrected chi connectivity index (χ2v) is 12.3. The number of amides is 1. The van der Waals surface area contributed by atoms with Crippen molar-refractivity contribution in [2.75, 3.05) is 6.16 Å². The van der Waals surface area contributed by atoms with E-state index >= 15 is 0 Å². The topological polar surface area (TPSA) is 29.1 Å². The van der Waals surface area contributed by atoms with Gasteiger partial charge < -0.3 is 5.32 Å². The summed E-state index contributed by atoms with van der Waals surface area (Å²) in [6, 6.07) is 36.2. The Kier molecular flexibility index (Phi) is 9.21. The number of benzene rings is 5. The van der Waals surface area contributed by atoms with Crippen LogP contribution in [0.3, 0.4) is 0 Å². The Balaban J connectivity index is 1.62. The summed E-state index contributed by atoms with van der Waals surface area (Å²) in [6.45, 7) is 0. The number of rotatable bonds is 8. The third-order valence-corrected chi connectivity index (χ3v) is 9.65. The molecule has 0 unspecified atom stereocenters. The molecule has 0 radical (unpaired) electrons. The number of halogens is 6. The molecule has 0 aromatic heterocycles. The van der Waals surface area contributed by atoms with Crippen LogP contribution in [-0.2, 0) is 12.4 Å². The second-order valence-electron chi connectivity index (χ2n) is 10.1. The number of nitrogens with one attached hydrogen (secondary N) is 1. The summed E-state index contributed by atoms with van der Waals surface area (Å²) >= 11 is 0. The first-order chi connectivity index (χ1) is 21.0. The quantitative estimate of drug-likeness (QED) is 0.136. The normalized spacial score (nSPS) is 12.6. The molecule has 5 aromatic rings. The Morgan fingerprint density at radius 2 is 1.07 bits per heavy atom. The summed E-state index contributed by atoms with van der Waals surface area (Å²) in [5.41, 5.74) is -1.49. The van der Waals surface area contributed by atoms with Crippen LogP contribution in [0.15, 0.2) is 133 Å². The van der Waals surface area contributed by atoms with Gasteiger partial charge in [0.05, 0.1) is 17.2 Å². The third kappa shape index (κ3) is 7.37. The Labute approximate surface area is 252 Å². The fourth-order valence-electron chi connectivity index (χ4n) is 4.99. The van der Waals surface area contributed by atoms with Crippen molar-refractivity contribution in [3.63, 3.8) is 0 Å². The van der Waals surface area contributed by atoms with Gasteiger partial charge in [0.15, 0.2) is 0 Å². The highest BCUT2D eigenvalue weighted by Crippen LogP contribution is 2.41. The SMILES string of the molecule is O=C(N[C@H](CP(c1ccccc1)c1ccccc1)c1ccccc1-c1ccccc1)c1cc(C(F)(F)F)cc(C(F)(F)F)c1. The van der Waals surface area contributed by atoms with Crippen LogP contribution in [0.4, 0.5) is 26.3 Å². The minimum Gasteiger partial charge on any atom is -0.345 e. The van der Waals surface area contributed by atoms with E-state index < -0.39 is 48.9 Å². The Morgan fingerprint density at radius 3 is 1.57 bits per heavy atom. The van der Waals surface area contributed by atoms with E-state index in [-0.39, 0.29) is 6.07 Å². The van der Waals surface area contributed by atoms with E-state index in [0.29, 0.717) is 23.9 Å². The Morgan fingerprint density at radius 1 is 0.614 bits per heavy atom. The molecule has 5 rings (SSSR count). The van der Waals surface area contributed by atoms with Gasteiger partial charge in [0.2, 0.25) is 0 Å². The molecule has 2 nitrogen and oxygen atoms in total. The van der Waals surface area contributed by atoms with Crippen molar-refractivity contribution in [2.45, 2.75) is 18.4 Å². The summed E-state index contributed by atoms with van der Waals surface area (Å²) in [6.07, 6.45) is -9.82. The molecule has 0 aliphatic carbocycles. The standard InChI is InChI=1S/C35H26F6NOP/c36-34(37,38)26-20-25(21-27(22-26)35(39,40)41)33(43)42-32(31-19-11-10-18-30(31)24-12-4-1-5-13-24)23-44(28-14-6-2-7-15-28)29-16-8-3-9-17-29/h1-22,32H,23H2,(H,42,43)/t32-/m1/s1. The highest BCUT2D eigenvalue weighted by molar-refractivity contribution is 7.73. The number of carbonyl (C=O) groups excluding carboxylic acids is 1. The summed E-state index contributed by atoms with van der Waals surface area (Å²) in [5.74, 6) is -1.04. The van der Waals surface area contributed by atoms with E-state index in [1.54, 1.807) is 6.07 Å². The van der Waals surface area contributed by atoms with E-state index in [0.717, 1.165) is 21.7 Å². The van der Waals surface area contributed by atoms with E-state index in [4.69, 9.17) is 0 Å². The van der Waals surface area contributed by atoms with E-state index in [2.05, 4.69) is 5.32 Å². The summed E-state index contributed by atoms with van der Waals surface area (Å²) in [7, 11) is -1.12. The van der Waals surface area contributed by atoms with Crippen LogP contribution in [0, 0.1) is 0 Å². The van der Waals surface area contributed by atoms with Crippen LogP contribution in [0.2, 0.25) is 0 Å². The lowest BCUT2D eigenvalue weighted by Crippen LogP contribution is -2.33. The fourth-order valence-corrected chi connectivity index (χ4v) is 7.43. The van der Waals surface area contributed by atoms with Crippen LogP contribution in [-0.4, -0.2) is 12.1 Å². The maximum atomic E-state index is 13.7. The minimum absolute atomic E-state index is 0.0169. The molecule has 0 aliphatic heterocycles. The average Bonchev–Trinajstić information content (AvgIpc) is 3.03. The molecule has 1 amide bonds. The first-order valence-electron chi connectivity index (χ1n) is 13.6. The zero-order valence-corrected chi connectivity index (χ0v) is 24.0. The van der Waals surface area contributed by atoms with Crippen molar-refractivity contribution in [3.05, 3.63) is 156 Å². The maximum Gasteiger partial charge on any atom is 0.416 e. The fraction of sp³-hybridized carbons (Fsp3) is 0.114. The third-order valence-electron chi connectivity index (χ3n) is 7.08. The lowest BCUT2D eigenvalue weighted by molar-refractivity contribution is -0.143. The molecule has 0 heterocycles. The van der Waals surface area contributed by atoms with Crippen LogP contribution in [0.5, 0.6) is 0 Å². The van der Waals surface area contributed by atoms with Crippen molar-refractivity contribution in [1.29, 1.82) is 0 Å². The maximum absolute atomic E-state index is 13.7. The monoisotopic (exact) mass is 621 g/mol. The van der Waals surface area contributed by atoms with E-state index in [9.17, 15) is 31.1 Å². The molecule has 1 N–H and O–H groups in total. The average molecular weight is 622 g/mol. The Hall–Kier alpha value is -4.42. The molecule has 0 aliphatic rings. The number of alkyl halides is 6. The largest absolute Gasteiger partial charge is 0.416 e. The van der Waals surface area contributed by atoms with Gasteiger partial charge in [0.25, 0.3) is 5.91 Å². The second kappa shape index (κ2) is 13.1. The number of hydrogen-bond acceptors (Lipinski definition) is 1. The van der Waals surface area contributed by atoms with E-state index in [1.807, 2.05) is 109 Å². The molecule has 0 fully saturated rings. The van der Waals surface area contributed by atoms with Gasteiger partial charge in [0.1, 0.15) is 0 Å². The lowest BCUT2D eigenvalue weighted by Gasteiger charge is -2.28. The molecule has 0 saturated heterocycles. The highest BCUT2D eigenvalue weighted by atomic mass is 31.1. The van der Waals surface area contributed by atoms with Crippen molar-refractivity contribution < 1.29 is 31.1 Å². The molecule has 1 atom stereocenters. The van der Waals surface area contributed by atoms with Gasteiger partial charge in [-0.1, -0.05) is 115 Å². The summed E-state index contributed by atoms with van der Waals surface area (Å²) < 4.78 is 81.7. The van der Waals surface area contributed by atoms with Crippen LogP contribution in [0.25, 0.3) is 11.1 Å². The minimum atomic E-state index is -5.08. The summed E-state index contributed by atoms with van der Waals surface area (Å²) in [4.78, 5) is 13.7. The molecule has 5 aromatic carbocycles. The molecular weight excluding hydrogens is 595 g/mol. The number of hydrogen-bond donors (Lipinski definition) is 1. The van der Waals surface area contributed by atoms with Gasteiger partial charge >= 0.3 is 12.4 Å². The highest BCUT2D eigenvalue weighted by Gasteiger charge is 2.38. The Bertz CT molecular complexity index is 1640. The van der Waals surface area contributed by atoms with Crippen LogP contribution < -0.4 is 15.9 Å². The van der Waals surface area contributed by atoms with Crippen LogP contribution >= 0.6 is 7.92 Å². The molecule has 224 valence electrons. The molecule has 0 bridgehead atoms. The van der Waals surface area contributed by atoms with Gasteiger partial charge in [-0.25, -0.2) is 0 Å². The van der Waals surface area contributed by atoms with Gasteiger partial charge in [-0.2, -0.15) is 26.3 Å². The molecule has 44 heavy (non-hydrogen) atoms. The lowest BCUT2D eigenvalue weighted by atomic mass is 9.95. The van der Waals surface area contributed by atoms with Gasteiger partial charge in [0, 0.05) is 11.7 Å².